The van der Waals surface area contributed by atoms with Crippen molar-refractivity contribution in [1.29, 1.82) is 0 Å². The molecule has 0 spiro atoms. The van der Waals surface area contributed by atoms with Gasteiger partial charge in [-0.15, -0.1) is 0 Å². The highest BCUT2D eigenvalue weighted by Crippen LogP contribution is 2.30. The first kappa shape index (κ1) is 14.8. The predicted molar refractivity (Wildman–Crippen MR) is 94.6 cm³/mol. The monoisotopic (exact) mass is 381 g/mol. The molecule has 1 aliphatic rings. The van der Waals surface area contributed by atoms with Gasteiger partial charge in [-0.2, -0.15) is 0 Å². The zero-order valence-electron chi connectivity index (χ0n) is 11.1. The number of hydrogen-bond donors (Lipinski definition) is 2. The van der Waals surface area contributed by atoms with E-state index < -0.39 is 0 Å². The minimum Gasteiger partial charge on any atom is -0.389 e. The van der Waals surface area contributed by atoms with Gasteiger partial charge in [0.15, 0.2) is 0 Å². The minimum absolute atomic E-state index is 0.354. The standard InChI is InChI=1S/C15H13BrClN3S/c16-11-7-9(4-5-12(11)17)19-15-10(14(18)21)6-8-2-1-3-13(8)20-15/h4-7H,1-3H2,(H2,18,21)(H,19,20). The molecule has 0 aliphatic heterocycles. The SMILES string of the molecule is NC(=S)c1cc2c(nc1Nc1ccc(Cl)c(Br)c1)CCC2. The first-order valence-electron chi connectivity index (χ1n) is 6.59. The zero-order valence-corrected chi connectivity index (χ0v) is 14.3. The molecule has 0 saturated carbocycles. The van der Waals surface area contributed by atoms with Gasteiger partial charge in [-0.3, -0.25) is 0 Å². The number of aryl methyl sites for hydroxylation is 2. The second-order valence-electron chi connectivity index (χ2n) is 4.96. The average Bonchev–Trinajstić information content (AvgIpc) is 2.89. The van der Waals surface area contributed by atoms with E-state index in [2.05, 4.69) is 27.3 Å². The van der Waals surface area contributed by atoms with Crippen molar-refractivity contribution in [3.05, 3.63) is 50.6 Å². The van der Waals surface area contributed by atoms with Crippen LogP contribution >= 0.6 is 39.7 Å². The highest BCUT2D eigenvalue weighted by atomic mass is 79.9. The summed E-state index contributed by atoms with van der Waals surface area (Å²) in [5.41, 5.74) is 9.89. The molecule has 21 heavy (non-hydrogen) atoms. The maximum Gasteiger partial charge on any atom is 0.140 e. The maximum atomic E-state index is 6.01. The van der Waals surface area contributed by atoms with E-state index in [0.717, 1.165) is 40.7 Å². The number of thiocarbonyl (C=S) groups is 1. The molecule has 0 unspecified atom stereocenters. The van der Waals surface area contributed by atoms with Crippen molar-refractivity contribution in [2.45, 2.75) is 19.3 Å². The molecule has 108 valence electrons. The van der Waals surface area contributed by atoms with Crippen molar-refractivity contribution in [3.63, 3.8) is 0 Å². The number of nitrogens with one attached hydrogen (secondary N) is 1. The molecule has 1 heterocycles. The zero-order chi connectivity index (χ0) is 15.0. The van der Waals surface area contributed by atoms with Gasteiger partial charge in [0.2, 0.25) is 0 Å². The third-order valence-corrected chi connectivity index (χ3v) is 4.93. The molecule has 0 bridgehead atoms. The number of aromatic nitrogens is 1. The second kappa shape index (κ2) is 5.91. The molecule has 0 amide bonds. The summed E-state index contributed by atoms with van der Waals surface area (Å²) in [6.07, 6.45) is 3.19. The van der Waals surface area contributed by atoms with Crippen molar-refractivity contribution in [2.24, 2.45) is 5.73 Å². The Balaban J connectivity index is 2.01. The second-order valence-corrected chi connectivity index (χ2v) is 6.66. The highest BCUT2D eigenvalue weighted by molar-refractivity contribution is 9.10. The van der Waals surface area contributed by atoms with Crippen molar-refractivity contribution < 1.29 is 0 Å². The van der Waals surface area contributed by atoms with Gasteiger partial charge < -0.3 is 11.1 Å². The first-order chi connectivity index (χ1) is 10.0. The molecular weight excluding hydrogens is 370 g/mol. The Morgan fingerprint density at radius 3 is 2.86 bits per heavy atom. The van der Waals surface area contributed by atoms with Crippen LogP contribution in [-0.4, -0.2) is 9.97 Å². The predicted octanol–water partition coefficient (Wildman–Crippen LogP) is 4.36. The third kappa shape index (κ3) is 3.05. The Morgan fingerprint density at radius 1 is 1.33 bits per heavy atom. The van der Waals surface area contributed by atoms with Crippen LogP contribution in [0.2, 0.25) is 5.02 Å². The summed E-state index contributed by atoms with van der Waals surface area (Å²) in [4.78, 5) is 5.05. The third-order valence-electron chi connectivity index (χ3n) is 3.50. The topological polar surface area (TPSA) is 50.9 Å². The lowest BCUT2D eigenvalue weighted by Gasteiger charge is -2.13. The summed E-state index contributed by atoms with van der Waals surface area (Å²) in [7, 11) is 0. The van der Waals surface area contributed by atoms with Gasteiger partial charge in [0.05, 0.1) is 10.6 Å². The largest absolute Gasteiger partial charge is 0.389 e. The average molecular weight is 383 g/mol. The molecule has 2 aromatic rings. The summed E-state index contributed by atoms with van der Waals surface area (Å²) in [6, 6.07) is 7.68. The number of anilines is 2. The van der Waals surface area contributed by atoms with E-state index in [1.165, 1.54) is 5.56 Å². The van der Waals surface area contributed by atoms with Crippen LogP contribution < -0.4 is 11.1 Å². The van der Waals surface area contributed by atoms with Crippen molar-refractivity contribution in [3.8, 4) is 0 Å². The first-order valence-corrected chi connectivity index (χ1v) is 8.17. The van der Waals surface area contributed by atoms with Crippen LogP contribution in [0.3, 0.4) is 0 Å². The molecule has 0 radical (unpaired) electrons. The number of fused-ring (bicyclic) bond motifs is 1. The molecule has 1 aromatic carbocycles. The van der Waals surface area contributed by atoms with Gasteiger partial charge in [-0.25, -0.2) is 4.98 Å². The molecule has 3 rings (SSSR count). The lowest BCUT2D eigenvalue weighted by Crippen LogP contribution is -2.14. The molecule has 0 fully saturated rings. The molecular formula is C15H13BrClN3S. The van der Waals surface area contributed by atoms with Gasteiger partial charge >= 0.3 is 0 Å². The van der Waals surface area contributed by atoms with Gasteiger partial charge in [0.25, 0.3) is 0 Å². The van der Waals surface area contributed by atoms with Gasteiger partial charge in [0, 0.05) is 15.9 Å². The van der Waals surface area contributed by atoms with E-state index in [9.17, 15) is 0 Å². The van der Waals surface area contributed by atoms with E-state index in [0.29, 0.717) is 15.8 Å². The fraction of sp³-hybridized carbons (Fsp3) is 0.200. The number of hydrogen-bond acceptors (Lipinski definition) is 3. The van der Waals surface area contributed by atoms with E-state index in [1.54, 1.807) is 0 Å². The van der Waals surface area contributed by atoms with Crippen molar-refractivity contribution in [1.82, 2.24) is 4.98 Å². The van der Waals surface area contributed by atoms with Crippen LogP contribution in [0.1, 0.15) is 23.2 Å². The molecule has 1 aliphatic carbocycles. The minimum atomic E-state index is 0.354. The Kier molecular flexibility index (Phi) is 4.15. The lowest BCUT2D eigenvalue weighted by molar-refractivity contribution is 0.900. The molecule has 3 N–H and O–H groups in total. The molecule has 0 saturated heterocycles. The fourth-order valence-electron chi connectivity index (χ4n) is 2.47. The number of pyridine rings is 1. The van der Waals surface area contributed by atoms with Crippen molar-refractivity contribution in [2.75, 3.05) is 5.32 Å². The lowest BCUT2D eigenvalue weighted by atomic mass is 10.1. The molecule has 3 nitrogen and oxygen atoms in total. The molecule has 6 heteroatoms. The van der Waals surface area contributed by atoms with Gasteiger partial charge in [-0.05, 0) is 65.0 Å². The van der Waals surface area contributed by atoms with Crippen LogP contribution in [0.4, 0.5) is 11.5 Å². The number of halogens is 2. The molecule has 0 atom stereocenters. The van der Waals surface area contributed by atoms with E-state index in [-0.39, 0.29) is 0 Å². The summed E-state index contributed by atoms with van der Waals surface area (Å²) >= 11 is 14.6. The normalized spacial score (nSPS) is 13.0. The van der Waals surface area contributed by atoms with Gasteiger partial charge in [0.1, 0.15) is 10.8 Å². The fourth-order valence-corrected chi connectivity index (χ4v) is 3.12. The van der Waals surface area contributed by atoms with Crippen LogP contribution in [0.5, 0.6) is 0 Å². The van der Waals surface area contributed by atoms with Crippen LogP contribution in [0.15, 0.2) is 28.7 Å². The highest BCUT2D eigenvalue weighted by Gasteiger charge is 2.17. The van der Waals surface area contributed by atoms with E-state index >= 15 is 0 Å². The number of rotatable bonds is 3. The summed E-state index contributed by atoms with van der Waals surface area (Å²) < 4.78 is 0.826. The summed E-state index contributed by atoms with van der Waals surface area (Å²) in [6.45, 7) is 0. The van der Waals surface area contributed by atoms with Crippen molar-refractivity contribution >= 4 is 56.2 Å². The number of nitrogens with two attached hydrogens (primary N) is 1. The summed E-state index contributed by atoms with van der Waals surface area (Å²) in [5.74, 6) is 0.706. The van der Waals surface area contributed by atoms with E-state index in [4.69, 9.17) is 34.5 Å². The Hall–Kier alpha value is -1.17. The van der Waals surface area contributed by atoms with Crippen LogP contribution in [-0.2, 0) is 12.8 Å². The Labute approximate surface area is 142 Å². The van der Waals surface area contributed by atoms with E-state index in [1.807, 2.05) is 18.2 Å². The molecule has 1 aromatic heterocycles. The Bertz CT molecular complexity index is 733. The maximum absolute atomic E-state index is 6.01. The van der Waals surface area contributed by atoms with Crippen LogP contribution in [0, 0.1) is 0 Å². The number of benzene rings is 1. The summed E-state index contributed by atoms with van der Waals surface area (Å²) in [5, 5.41) is 3.95. The van der Waals surface area contributed by atoms with Gasteiger partial charge in [-0.1, -0.05) is 23.8 Å². The quantitative estimate of drug-likeness (QED) is 0.774. The van der Waals surface area contributed by atoms with Crippen LogP contribution in [0.25, 0.3) is 0 Å². The Morgan fingerprint density at radius 2 is 2.14 bits per heavy atom. The number of nitrogens with zero attached hydrogens (tertiary/aromatic N) is 1. The smallest absolute Gasteiger partial charge is 0.140 e.